The first-order chi connectivity index (χ1) is 23.8. The summed E-state index contributed by atoms with van der Waals surface area (Å²) < 4.78 is 0. The van der Waals surface area contributed by atoms with Gasteiger partial charge in [0.25, 0.3) is 0 Å². The summed E-state index contributed by atoms with van der Waals surface area (Å²) >= 11 is 0. The van der Waals surface area contributed by atoms with E-state index < -0.39 is 0 Å². The van der Waals surface area contributed by atoms with Crippen molar-refractivity contribution in [1.29, 1.82) is 0 Å². The molecule has 0 amide bonds. The van der Waals surface area contributed by atoms with Crippen molar-refractivity contribution >= 4 is 0 Å². The molecule has 0 unspecified atom stereocenters. The van der Waals surface area contributed by atoms with Gasteiger partial charge in [-0.3, -0.25) is 0 Å². The Morgan fingerprint density at radius 1 is 0.146 bits per heavy atom. The molecule has 0 bridgehead atoms. The molecule has 0 N–H and O–H groups in total. The van der Waals surface area contributed by atoms with Crippen LogP contribution in [0.1, 0.15) is 0 Å². The Hall–Kier alpha value is -6.24. The van der Waals surface area contributed by atoms with Gasteiger partial charge in [-0.05, 0) is 114 Å². The van der Waals surface area contributed by atoms with E-state index in [2.05, 4.69) is 206 Å². The Balaban J connectivity index is 1.32. The lowest BCUT2D eigenvalue weighted by Crippen LogP contribution is -1.91. The highest BCUT2D eigenvalue weighted by molar-refractivity contribution is 5.91. The molecule has 8 rings (SSSR count). The van der Waals surface area contributed by atoms with Crippen LogP contribution in [-0.2, 0) is 0 Å². The molecule has 0 spiro atoms. The predicted octanol–water partition coefficient (Wildman–Crippen LogP) is 13.4. The second kappa shape index (κ2) is 13.2. The molecule has 8 aromatic rings. The van der Waals surface area contributed by atoms with Gasteiger partial charge in [-0.15, -0.1) is 0 Å². The van der Waals surface area contributed by atoms with Gasteiger partial charge in [-0.25, -0.2) is 0 Å². The molecular formula is C48H34. The van der Waals surface area contributed by atoms with E-state index in [1.165, 1.54) is 77.9 Å². The Morgan fingerprint density at radius 3 is 0.958 bits per heavy atom. The molecule has 0 atom stereocenters. The van der Waals surface area contributed by atoms with Crippen LogP contribution < -0.4 is 0 Å². The van der Waals surface area contributed by atoms with Crippen LogP contribution in [0.25, 0.3) is 77.9 Å². The predicted molar refractivity (Wildman–Crippen MR) is 204 cm³/mol. The van der Waals surface area contributed by atoms with Crippen molar-refractivity contribution in [2.45, 2.75) is 0 Å². The zero-order chi connectivity index (χ0) is 32.1. The molecule has 48 heavy (non-hydrogen) atoms. The molecule has 0 aliphatic carbocycles. The topological polar surface area (TPSA) is 0 Å². The number of hydrogen-bond acceptors (Lipinski definition) is 0. The second-order valence-electron chi connectivity index (χ2n) is 12.2. The molecule has 0 aromatic heterocycles. The maximum Gasteiger partial charge on any atom is -0.00988 e. The van der Waals surface area contributed by atoms with Crippen LogP contribution in [0.15, 0.2) is 206 Å². The maximum atomic E-state index is 2.38. The van der Waals surface area contributed by atoms with Crippen LogP contribution >= 0.6 is 0 Å². The maximum absolute atomic E-state index is 2.38. The number of benzene rings is 8. The van der Waals surface area contributed by atoms with Gasteiger partial charge in [-0.1, -0.05) is 170 Å². The second-order valence-corrected chi connectivity index (χ2v) is 12.2. The third-order valence-corrected chi connectivity index (χ3v) is 9.06. The molecule has 0 heterocycles. The van der Waals surface area contributed by atoms with Gasteiger partial charge < -0.3 is 0 Å². The summed E-state index contributed by atoms with van der Waals surface area (Å²) in [5.41, 5.74) is 16.9. The van der Waals surface area contributed by atoms with Crippen molar-refractivity contribution in [2.24, 2.45) is 0 Å². The first-order valence-corrected chi connectivity index (χ1v) is 16.5. The molecule has 0 fully saturated rings. The molecule has 226 valence electrons. The largest absolute Gasteiger partial charge is 0.0622 e. The van der Waals surface area contributed by atoms with Crippen molar-refractivity contribution in [1.82, 2.24) is 0 Å². The fourth-order valence-electron chi connectivity index (χ4n) is 6.60. The zero-order valence-corrected chi connectivity index (χ0v) is 26.6. The Bertz CT molecular complexity index is 2300. The van der Waals surface area contributed by atoms with Gasteiger partial charge in [0.2, 0.25) is 0 Å². The molecular weight excluding hydrogens is 577 g/mol. The van der Waals surface area contributed by atoms with E-state index in [1.807, 2.05) is 0 Å². The lowest BCUT2D eigenvalue weighted by molar-refractivity contribution is 1.54. The molecule has 0 radical (unpaired) electrons. The molecule has 0 aliphatic heterocycles. The van der Waals surface area contributed by atoms with Crippen molar-refractivity contribution in [3.05, 3.63) is 206 Å². The molecule has 0 saturated carbocycles. The van der Waals surface area contributed by atoms with Gasteiger partial charge in [0, 0.05) is 0 Å². The van der Waals surface area contributed by atoms with Crippen LogP contribution in [-0.4, -0.2) is 0 Å². The van der Waals surface area contributed by atoms with E-state index >= 15 is 0 Å². The van der Waals surface area contributed by atoms with Crippen molar-refractivity contribution < 1.29 is 0 Å². The fourth-order valence-corrected chi connectivity index (χ4v) is 6.60. The summed E-state index contributed by atoms with van der Waals surface area (Å²) in [4.78, 5) is 0. The first kappa shape index (κ1) is 29.2. The van der Waals surface area contributed by atoms with Crippen molar-refractivity contribution in [3.8, 4) is 77.9 Å². The Labute approximate surface area is 283 Å². The van der Waals surface area contributed by atoms with Crippen LogP contribution in [0.3, 0.4) is 0 Å². The molecule has 0 saturated heterocycles. The highest BCUT2D eigenvalue weighted by Gasteiger charge is 2.14. The molecule has 0 heteroatoms. The van der Waals surface area contributed by atoms with Crippen LogP contribution in [0.5, 0.6) is 0 Å². The molecule has 0 nitrogen and oxygen atoms in total. The normalized spacial score (nSPS) is 10.9. The van der Waals surface area contributed by atoms with Crippen molar-refractivity contribution in [2.75, 3.05) is 0 Å². The monoisotopic (exact) mass is 610 g/mol. The highest BCUT2D eigenvalue weighted by atomic mass is 14.2. The Morgan fingerprint density at radius 2 is 0.458 bits per heavy atom. The van der Waals surface area contributed by atoms with E-state index in [0.717, 1.165) is 0 Å². The highest BCUT2D eigenvalue weighted by Crippen LogP contribution is 2.40. The van der Waals surface area contributed by atoms with E-state index in [9.17, 15) is 0 Å². The SMILES string of the molecule is c1ccc(-c2cccc(-c3cc(-c4ccccc4)cc(-c4cc(-c5cccc(-c6ccccc6)c5)ccc4-c4ccccc4)c3)c2)cc1. The summed E-state index contributed by atoms with van der Waals surface area (Å²) in [6.07, 6.45) is 0. The average molecular weight is 611 g/mol. The van der Waals surface area contributed by atoms with Crippen molar-refractivity contribution in [3.63, 3.8) is 0 Å². The van der Waals surface area contributed by atoms with Gasteiger partial charge >= 0.3 is 0 Å². The molecule has 0 aliphatic rings. The number of hydrogen-bond donors (Lipinski definition) is 0. The minimum atomic E-state index is 1.19. The van der Waals surface area contributed by atoms with E-state index in [1.54, 1.807) is 0 Å². The van der Waals surface area contributed by atoms with Gasteiger partial charge in [0.05, 0.1) is 0 Å². The summed E-state index contributed by atoms with van der Waals surface area (Å²) in [5, 5.41) is 0. The third-order valence-electron chi connectivity index (χ3n) is 9.06. The van der Waals surface area contributed by atoms with Crippen LogP contribution in [0.4, 0.5) is 0 Å². The number of rotatable bonds is 7. The first-order valence-electron chi connectivity index (χ1n) is 16.5. The quantitative estimate of drug-likeness (QED) is 0.168. The smallest absolute Gasteiger partial charge is 0.00988 e. The lowest BCUT2D eigenvalue weighted by Gasteiger charge is -2.17. The molecule has 8 aromatic carbocycles. The minimum absolute atomic E-state index is 1.19. The van der Waals surface area contributed by atoms with E-state index in [4.69, 9.17) is 0 Å². The third kappa shape index (κ3) is 6.12. The van der Waals surface area contributed by atoms with Crippen LogP contribution in [0, 0.1) is 0 Å². The summed E-state index contributed by atoms with van der Waals surface area (Å²) in [5.74, 6) is 0. The lowest BCUT2D eigenvalue weighted by atomic mass is 9.87. The fraction of sp³-hybridized carbons (Fsp3) is 0. The van der Waals surface area contributed by atoms with Crippen LogP contribution in [0.2, 0.25) is 0 Å². The van der Waals surface area contributed by atoms with Gasteiger partial charge in [-0.2, -0.15) is 0 Å². The van der Waals surface area contributed by atoms with Gasteiger partial charge in [0.1, 0.15) is 0 Å². The van der Waals surface area contributed by atoms with E-state index in [0.29, 0.717) is 0 Å². The minimum Gasteiger partial charge on any atom is -0.0622 e. The summed E-state index contributed by atoms with van der Waals surface area (Å²) in [7, 11) is 0. The van der Waals surface area contributed by atoms with Gasteiger partial charge in [0.15, 0.2) is 0 Å². The Kier molecular flexibility index (Phi) is 8.05. The van der Waals surface area contributed by atoms with E-state index in [-0.39, 0.29) is 0 Å². The summed E-state index contributed by atoms with van der Waals surface area (Å²) in [6.45, 7) is 0. The summed E-state index contributed by atoms with van der Waals surface area (Å²) in [6, 6.07) is 74.5. The standard InChI is InChI=1S/C48H34/c1-5-15-35(16-6-1)39-23-13-25-41(29-39)43-27-28-47(38-21-11-4-12-22-38)48(34-43)46-32-44(37-19-9-3-10-20-37)31-45(33-46)42-26-14-24-40(30-42)36-17-7-2-8-18-36/h1-34H. The zero-order valence-electron chi connectivity index (χ0n) is 26.6. The average Bonchev–Trinajstić information content (AvgIpc) is 3.19.